The maximum Gasteiger partial charge on any atom is 0.199 e. The second-order valence-electron chi connectivity index (χ2n) is 4.14. The van der Waals surface area contributed by atoms with Crippen LogP contribution in [-0.2, 0) is 0 Å². The minimum Gasteiger partial charge on any atom is -0.496 e. The van der Waals surface area contributed by atoms with Gasteiger partial charge in [-0.1, -0.05) is 11.6 Å². The Balaban J connectivity index is 2.56. The Labute approximate surface area is 134 Å². The summed E-state index contributed by atoms with van der Waals surface area (Å²) in [6.07, 6.45) is 0. The van der Waals surface area contributed by atoms with Gasteiger partial charge in [-0.25, -0.2) is 4.39 Å². The second-order valence-corrected chi connectivity index (χ2v) is 5.43. The fourth-order valence-corrected chi connectivity index (χ4v) is 2.50. The van der Waals surface area contributed by atoms with Gasteiger partial charge in [0.05, 0.1) is 29.8 Å². The number of ether oxygens (including phenoxy) is 2. The molecule has 0 saturated heterocycles. The zero-order valence-electron chi connectivity index (χ0n) is 11.2. The molecule has 2 aromatic rings. The third-order valence-electron chi connectivity index (χ3n) is 2.89. The van der Waals surface area contributed by atoms with E-state index in [0.717, 1.165) is 6.07 Å². The van der Waals surface area contributed by atoms with Crippen LogP contribution in [0.25, 0.3) is 0 Å². The van der Waals surface area contributed by atoms with Crippen LogP contribution in [0.15, 0.2) is 34.8 Å². The van der Waals surface area contributed by atoms with E-state index in [9.17, 15) is 9.18 Å². The topological polar surface area (TPSA) is 35.5 Å². The van der Waals surface area contributed by atoms with Crippen LogP contribution in [-0.4, -0.2) is 20.0 Å². The molecule has 0 amide bonds. The van der Waals surface area contributed by atoms with Gasteiger partial charge in [0.25, 0.3) is 0 Å². The van der Waals surface area contributed by atoms with E-state index in [2.05, 4.69) is 15.9 Å². The van der Waals surface area contributed by atoms with E-state index in [1.54, 1.807) is 6.07 Å². The Morgan fingerprint density at radius 3 is 2.33 bits per heavy atom. The summed E-state index contributed by atoms with van der Waals surface area (Å²) in [6, 6.07) is 6.99. The van der Waals surface area contributed by atoms with Crippen LogP contribution in [0, 0.1) is 5.82 Å². The molecule has 3 nitrogen and oxygen atoms in total. The SMILES string of the molecule is COc1cc(C(=O)c2ccc(Cl)cc2F)c(OC)cc1Br. The van der Waals surface area contributed by atoms with Crippen molar-refractivity contribution < 1.29 is 18.7 Å². The molecule has 0 heterocycles. The maximum absolute atomic E-state index is 13.9. The van der Waals surface area contributed by atoms with Crippen LogP contribution in [0.1, 0.15) is 15.9 Å². The lowest BCUT2D eigenvalue weighted by molar-refractivity contribution is 0.103. The van der Waals surface area contributed by atoms with Crippen molar-refractivity contribution in [2.24, 2.45) is 0 Å². The third-order valence-corrected chi connectivity index (χ3v) is 3.75. The van der Waals surface area contributed by atoms with E-state index in [1.807, 2.05) is 0 Å². The Morgan fingerprint density at radius 2 is 1.76 bits per heavy atom. The van der Waals surface area contributed by atoms with Crippen LogP contribution >= 0.6 is 27.5 Å². The second kappa shape index (κ2) is 6.45. The monoisotopic (exact) mass is 372 g/mol. The van der Waals surface area contributed by atoms with Crippen LogP contribution in [0.5, 0.6) is 11.5 Å². The lowest BCUT2D eigenvalue weighted by Crippen LogP contribution is -2.07. The number of methoxy groups -OCH3 is 2. The third kappa shape index (κ3) is 3.19. The van der Waals surface area contributed by atoms with Crippen molar-refractivity contribution in [1.82, 2.24) is 0 Å². The van der Waals surface area contributed by atoms with Gasteiger partial charge in [0, 0.05) is 5.02 Å². The van der Waals surface area contributed by atoms with Crippen molar-refractivity contribution >= 4 is 33.3 Å². The van der Waals surface area contributed by atoms with Gasteiger partial charge in [-0.05, 0) is 46.3 Å². The van der Waals surface area contributed by atoms with Crippen LogP contribution in [0.4, 0.5) is 4.39 Å². The highest BCUT2D eigenvalue weighted by atomic mass is 79.9. The predicted octanol–water partition coefficient (Wildman–Crippen LogP) is 4.49. The molecule has 0 unspecified atom stereocenters. The highest BCUT2D eigenvalue weighted by molar-refractivity contribution is 9.10. The molecule has 0 atom stereocenters. The number of hydrogen-bond acceptors (Lipinski definition) is 3. The van der Waals surface area contributed by atoms with E-state index < -0.39 is 11.6 Å². The van der Waals surface area contributed by atoms with Gasteiger partial charge in [-0.2, -0.15) is 0 Å². The van der Waals surface area contributed by atoms with Crippen molar-refractivity contribution in [2.45, 2.75) is 0 Å². The largest absolute Gasteiger partial charge is 0.496 e. The number of hydrogen-bond donors (Lipinski definition) is 0. The van der Waals surface area contributed by atoms with Gasteiger partial charge in [0.2, 0.25) is 0 Å². The highest BCUT2D eigenvalue weighted by Gasteiger charge is 2.20. The summed E-state index contributed by atoms with van der Waals surface area (Å²) in [5.74, 6) is -0.418. The fourth-order valence-electron chi connectivity index (χ4n) is 1.86. The highest BCUT2D eigenvalue weighted by Crippen LogP contribution is 2.34. The molecule has 0 fully saturated rings. The first kappa shape index (κ1) is 15.8. The van der Waals surface area contributed by atoms with E-state index in [0.29, 0.717) is 16.0 Å². The quantitative estimate of drug-likeness (QED) is 0.741. The molecule has 0 spiro atoms. The molecule has 2 aromatic carbocycles. The Hall–Kier alpha value is -1.59. The summed E-state index contributed by atoms with van der Waals surface area (Å²) in [5.41, 5.74) is 0.126. The maximum atomic E-state index is 13.9. The Kier molecular flexibility index (Phi) is 4.85. The molecule has 0 aliphatic rings. The van der Waals surface area contributed by atoms with Gasteiger partial charge in [-0.3, -0.25) is 4.79 Å². The minimum absolute atomic E-state index is 0.0814. The summed E-state index contributed by atoms with van der Waals surface area (Å²) in [7, 11) is 2.91. The van der Waals surface area contributed by atoms with Crippen molar-refractivity contribution in [3.63, 3.8) is 0 Å². The summed E-state index contributed by atoms with van der Waals surface area (Å²) in [5, 5.41) is 0.226. The lowest BCUT2D eigenvalue weighted by Gasteiger charge is -2.12. The van der Waals surface area contributed by atoms with Gasteiger partial charge >= 0.3 is 0 Å². The van der Waals surface area contributed by atoms with E-state index >= 15 is 0 Å². The van der Waals surface area contributed by atoms with Crippen LogP contribution in [0.2, 0.25) is 5.02 Å². The van der Waals surface area contributed by atoms with E-state index in [1.165, 1.54) is 32.4 Å². The molecule has 0 aliphatic carbocycles. The molecular formula is C15H11BrClFO3. The summed E-state index contributed by atoms with van der Waals surface area (Å²) >= 11 is 9.00. The molecule has 0 aromatic heterocycles. The number of carbonyl (C=O) groups is 1. The average molecular weight is 374 g/mol. The molecule has 21 heavy (non-hydrogen) atoms. The lowest BCUT2D eigenvalue weighted by atomic mass is 10.0. The number of benzene rings is 2. The van der Waals surface area contributed by atoms with Crippen LogP contribution in [0.3, 0.4) is 0 Å². The van der Waals surface area contributed by atoms with E-state index in [-0.39, 0.29) is 16.1 Å². The molecule has 0 bridgehead atoms. The Morgan fingerprint density at radius 1 is 1.10 bits per heavy atom. The molecule has 0 aliphatic heterocycles. The first-order valence-electron chi connectivity index (χ1n) is 5.89. The molecule has 0 saturated carbocycles. The summed E-state index contributed by atoms with van der Waals surface area (Å²) < 4.78 is 24.9. The molecule has 2 rings (SSSR count). The standard InChI is InChI=1S/C15H11BrClFO3/c1-20-13-7-11(16)14(21-2)6-10(13)15(19)9-4-3-8(17)5-12(9)18/h3-7H,1-2H3. The zero-order valence-corrected chi connectivity index (χ0v) is 13.6. The number of rotatable bonds is 4. The number of halogens is 3. The van der Waals surface area contributed by atoms with Crippen LogP contribution < -0.4 is 9.47 Å². The van der Waals surface area contributed by atoms with Gasteiger partial charge in [0.15, 0.2) is 5.78 Å². The van der Waals surface area contributed by atoms with Crippen molar-refractivity contribution in [3.05, 3.63) is 56.8 Å². The molecular weight excluding hydrogens is 363 g/mol. The van der Waals surface area contributed by atoms with Crippen molar-refractivity contribution in [2.75, 3.05) is 14.2 Å². The first-order valence-corrected chi connectivity index (χ1v) is 7.06. The van der Waals surface area contributed by atoms with Gasteiger partial charge in [-0.15, -0.1) is 0 Å². The molecule has 6 heteroatoms. The fraction of sp³-hybridized carbons (Fsp3) is 0.133. The predicted molar refractivity (Wildman–Crippen MR) is 82.1 cm³/mol. The average Bonchev–Trinajstić information content (AvgIpc) is 2.46. The zero-order chi connectivity index (χ0) is 15.6. The summed E-state index contributed by atoms with van der Waals surface area (Å²) in [4.78, 5) is 12.5. The Bertz CT molecular complexity index is 704. The normalized spacial score (nSPS) is 10.3. The minimum atomic E-state index is -0.684. The van der Waals surface area contributed by atoms with Gasteiger partial charge in [0.1, 0.15) is 17.3 Å². The smallest absolute Gasteiger partial charge is 0.199 e. The first-order chi connectivity index (χ1) is 9.97. The van der Waals surface area contributed by atoms with Gasteiger partial charge < -0.3 is 9.47 Å². The molecule has 0 N–H and O–H groups in total. The van der Waals surface area contributed by atoms with E-state index in [4.69, 9.17) is 21.1 Å². The van der Waals surface area contributed by atoms with Crippen molar-refractivity contribution in [3.8, 4) is 11.5 Å². The summed E-state index contributed by atoms with van der Waals surface area (Å²) in [6.45, 7) is 0. The molecule has 110 valence electrons. The number of carbonyl (C=O) groups excluding carboxylic acids is 1. The molecule has 0 radical (unpaired) electrons. The number of ketones is 1. The van der Waals surface area contributed by atoms with Crippen molar-refractivity contribution in [1.29, 1.82) is 0 Å².